The van der Waals surface area contributed by atoms with Gasteiger partial charge in [0.1, 0.15) is 5.25 Å². The number of carboxylic acid groups (broad SMARTS) is 1. The number of aliphatic carboxylic acids is 1. The van der Waals surface area contributed by atoms with Gasteiger partial charge in [-0.3, -0.25) is 14.9 Å². The Bertz CT molecular complexity index is 444. The van der Waals surface area contributed by atoms with Crippen LogP contribution in [0.4, 0.5) is 4.79 Å². The number of imide groups is 1. The summed E-state index contributed by atoms with van der Waals surface area (Å²) in [5, 5.41) is 9.38. The highest BCUT2D eigenvalue weighted by Crippen LogP contribution is 2.13. The zero-order valence-electron chi connectivity index (χ0n) is 10.3. The standard InChI is InChI=1S/C9H16N2O6S/c1-4-6(8(13)14)18(16,17)5(2)7(12)11-9(15)10-3/h5-6H,4H2,1-3H3,(H,13,14)(H2,10,11,12,15). The highest BCUT2D eigenvalue weighted by molar-refractivity contribution is 7.94. The minimum Gasteiger partial charge on any atom is -0.480 e. The van der Waals surface area contributed by atoms with Gasteiger partial charge in [-0.2, -0.15) is 0 Å². The number of carbonyl (C=O) groups excluding carboxylic acids is 2. The Morgan fingerprint density at radius 3 is 2.11 bits per heavy atom. The van der Waals surface area contributed by atoms with Crippen LogP contribution in [0.3, 0.4) is 0 Å². The summed E-state index contributed by atoms with van der Waals surface area (Å²) in [6, 6.07) is -0.856. The average molecular weight is 280 g/mol. The van der Waals surface area contributed by atoms with Crippen LogP contribution in [0, 0.1) is 0 Å². The third-order valence-corrected chi connectivity index (χ3v) is 4.90. The lowest BCUT2D eigenvalue weighted by Crippen LogP contribution is -2.48. The van der Waals surface area contributed by atoms with Crippen LogP contribution >= 0.6 is 0 Å². The summed E-state index contributed by atoms with van der Waals surface area (Å²) in [4.78, 5) is 33.1. The zero-order chi connectivity index (χ0) is 14.5. The maximum Gasteiger partial charge on any atom is 0.321 e. The predicted molar refractivity (Wildman–Crippen MR) is 62.7 cm³/mol. The number of sulfone groups is 1. The van der Waals surface area contributed by atoms with E-state index in [4.69, 9.17) is 5.11 Å². The van der Waals surface area contributed by atoms with E-state index < -0.39 is 38.2 Å². The van der Waals surface area contributed by atoms with Crippen molar-refractivity contribution in [2.45, 2.75) is 30.8 Å². The molecule has 0 saturated heterocycles. The third-order valence-electron chi connectivity index (χ3n) is 2.37. The molecule has 0 radical (unpaired) electrons. The van der Waals surface area contributed by atoms with Crippen molar-refractivity contribution < 1.29 is 27.9 Å². The number of carboxylic acids is 1. The van der Waals surface area contributed by atoms with E-state index in [1.807, 2.05) is 0 Å². The molecule has 8 nitrogen and oxygen atoms in total. The Kier molecular flexibility index (Phi) is 5.76. The van der Waals surface area contributed by atoms with Crippen LogP contribution in [0.15, 0.2) is 0 Å². The van der Waals surface area contributed by atoms with Gasteiger partial charge in [0.25, 0.3) is 0 Å². The van der Waals surface area contributed by atoms with Crippen LogP contribution < -0.4 is 10.6 Å². The van der Waals surface area contributed by atoms with E-state index in [1.54, 1.807) is 5.32 Å². The lowest BCUT2D eigenvalue weighted by atomic mass is 10.3. The summed E-state index contributed by atoms with van der Waals surface area (Å²) in [6.45, 7) is 2.43. The van der Waals surface area contributed by atoms with Gasteiger partial charge >= 0.3 is 12.0 Å². The molecule has 0 aromatic rings. The average Bonchev–Trinajstić information content (AvgIpc) is 2.27. The van der Waals surface area contributed by atoms with Crippen molar-refractivity contribution in [1.82, 2.24) is 10.6 Å². The predicted octanol–water partition coefficient (Wildman–Crippen LogP) is -0.891. The quantitative estimate of drug-likeness (QED) is 0.599. The second-order valence-corrected chi connectivity index (χ2v) is 5.99. The summed E-state index contributed by atoms with van der Waals surface area (Å²) in [5.41, 5.74) is 0. The molecule has 3 amide bonds. The number of hydrogen-bond donors (Lipinski definition) is 3. The Labute approximate surface area is 105 Å². The number of carbonyl (C=O) groups is 3. The van der Waals surface area contributed by atoms with Gasteiger partial charge in [0.2, 0.25) is 5.91 Å². The van der Waals surface area contributed by atoms with E-state index in [9.17, 15) is 22.8 Å². The van der Waals surface area contributed by atoms with E-state index in [0.29, 0.717) is 0 Å². The second-order valence-electron chi connectivity index (χ2n) is 3.53. The highest BCUT2D eigenvalue weighted by Gasteiger charge is 2.39. The molecule has 0 aromatic heterocycles. The summed E-state index contributed by atoms with van der Waals surface area (Å²) in [7, 11) is -2.94. The first-order valence-electron chi connectivity index (χ1n) is 5.16. The first kappa shape index (κ1) is 16.4. The minimum absolute atomic E-state index is 0.157. The fourth-order valence-electron chi connectivity index (χ4n) is 1.22. The zero-order valence-corrected chi connectivity index (χ0v) is 11.1. The number of rotatable bonds is 5. The largest absolute Gasteiger partial charge is 0.480 e. The highest BCUT2D eigenvalue weighted by atomic mass is 32.2. The number of nitrogens with one attached hydrogen (secondary N) is 2. The summed E-state index contributed by atoms with van der Waals surface area (Å²) in [5.74, 6) is -2.58. The molecule has 104 valence electrons. The van der Waals surface area contributed by atoms with Crippen LogP contribution in [-0.4, -0.2) is 49.0 Å². The first-order chi connectivity index (χ1) is 8.18. The van der Waals surface area contributed by atoms with Crippen molar-refractivity contribution in [1.29, 1.82) is 0 Å². The van der Waals surface area contributed by atoms with Gasteiger partial charge in [0.15, 0.2) is 15.1 Å². The van der Waals surface area contributed by atoms with Crippen LogP contribution in [-0.2, 0) is 19.4 Å². The van der Waals surface area contributed by atoms with Gasteiger partial charge in [0.05, 0.1) is 0 Å². The topological polar surface area (TPSA) is 130 Å². The molecule has 0 spiro atoms. The van der Waals surface area contributed by atoms with Crippen molar-refractivity contribution in [3.63, 3.8) is 0 Å². The minimum atomic E-state index is -4.20. The van der Waals surface area contributed by atoms with Crippen molar-refractivity contribution >= 4 is 27.7 Å². The van der Waals surface area contributed by atoms with Crippen molar-refractivity contribution in [3.8, 4) is 0 Å². The van der Waals surface area contributed by atoms with Gasteiger partial charge in [-0.1, -0.05) is 6.92 Å². The normalized spacial score (nSPS) is 14.4. The second kappa shape index (κ2) is 6.34. The van der Waals surface area contributed by atoms with Crippen LogP contribution in [0.25, 0.3) is 0 Å². The van der Waals surface area contributed by atoms with Crippen LogP contribution in [0.1, 0.15) is 20.3 Å². The molecule has 9 heteroatoms. The van der Waals surface area contributed by atoms with E-state index in [2.05, 4.69) is 5.32 Å². The van der Waals surface area contributed by atoms with Crippen molar-refractivity contribution in [2.24, 2.45) is 0 Å². The molecule has 0 rings (SSSR count). The Morgan fingerprint density at radius 1 is 1.28 bits per heavy atom. The number of urea groups is 1. The Morgan fingerprint density at radius 2 is 1.78 bits per heavy atom. The summed E-state index contributed by atoms with van der Waals surface area (Å²) in [6.07, 6.45) is -0.157. The van der Waals surface area contributed by atoms with E-state index in [0.717, 1.165) is 6.92 Å². The van der Waals surface area contributed by atoms with Crippen molar-refractivity contribution in [3.05, 3.63) is 0 Å². The van der Waals surface area contributed by atoms with E-state index in [-0.39, 0.29) is 6.42 Å². The SMILES string of the molecule is CCC(C(=O)O)S(=O)(=O)C(C)C(=O)NC(=O)NC. The molecule has 0 aliphatic rings. The Balaban J connectivity index is 5.07. The fraction of sp³-hybridized carbons (Fsp3) is 0.667. The van der Waals surface area contributed by atoms with Gasteiger partial charge in [0, 0.05) is 7.05 Å². The summed E-state index contributed by atoms with van der Waals surface area (Å²) >= 11 is 0. The van der Waals surface area contributed by atoms with Gasteiger partial charge in [-0.05, 0) is 13.3 Å². The molecule has 0 aliphatic heterocycles. The summed E-state index contributed by atoms with van der Waals surface area (Å²) < 4.78 is 23.7. The van der Waals surface area contributed by atoms with Crippen LogP contribution in [0.5, 0.6) is 0 Å². The van der Waals surface area contributed by atoms with Gasteiger partial charge in [-0.15, -0.1) is 0 Å². The fourth-order valence-corrected chi connectivity index (χ4v) is 2.81. The molecule has 3 N–H and O–H groups in total. The number of hydrogen-bond acceptors (Lipinski definition) is 5. The maximum absolute atomic E-state index is 11.8. The molecule has 0 aliphatic carbocycles. The van der Waals surface area contributed by atoms with Crippen LogP contribution in [0.2, 0.25) is 0 Å². The Hall–Kier alpha value is -1.64. The lowest BCUT2D eigenvalue weighted by Gasteiger charge is -2.16. The van der Waals surface area contributed by atoms with E-state index in [1.165, 1.54) is 14.0 Å². The molecular weight excluding hydrogens is 264 g/mol. The molecule has 2 atom stereocenters. The maximum atomic E-state index is 11.8. The van der Waals surface area contributed by atoms with Gasteiger partial charge < -0.3 is 10.4 Å². The molecule has 0 fully saturated rings. The molecule has 0 heterocycles. The molecule has 0 saturated carbocycles. The molecule has 0 bridgehead atoms. The smallest absolute Gasteiger partial charge is 0.321 e. The third kappa shape index (κ3) is 3.69. The monoisotopic (exact) mass is 280 g/mol. The van der Waals surface area contributed by atoms with E-state index >= 15 is 0 Å². The lowest BCUT2D eigenvalue weighted by molar-refractivity contribution is -0.136. The first-order valence-corrected chi connectivity index (χ1v) is 6.77. The van der Waals surface area contributed by atoms with Crippen molar-refractivity contribution in [2.75, 3.05) is 7.05 Å². The number of amides is 3. The molecular formula is C9H16N2O6S. The molecule has 2 unspecified atom stereocenters. The molecule has 18 heavy (non-hydrogen) atoms. The molecule has 0 aromatic carbocycles. The van der Waals surface area contributed by atoms with Gasteiger partial charge in [-0.25, -0.2) is 13.2 Å².